The molecule has 114 valence electrons. The number of hydrogen-bond acceptors (Lipinski definition) is 6. The Morgan fingerprint density at radius 2 is 1.86 bits per heavy atom. The first-order valence-electron chi connectivity index (χ1n) is 6.31. The van der Waals surface area contributed by atoms with Gasteiger partial charge in [0.25, 0.3) is 11.4 Å². The Labute approximate surface area is 125 Å². The molecule has 8 nitrogen and oxygen atoms in total. The summed E-state index contributed by atoms with van der Waals surface area (Å²) in [4.78, 5) is 20.4. The van der Waals surface area contributed by atoms with E-state index in [1.807, 2.05) is 6.07 Å². The Kier molecular flexibility index (Phi) is 4.52. The number of ether oxygens (including phenoxy) is 1. The molecule has 0 saturated heterocycles. The highest BCUT2D eigenvalue weighted by molar-refractivity contribution is 5.65. The first-order chi connectivity index (χ1) is 10.5. The first kappa shape index (κ1) is 15.2. The smallest absolute Gasteiger partial charge is 0.299 e. The van der Waals surface area contributed by atoms with Gasteiger partial charge in [-0.2, -0.15) is 0 Å². The zero-order valence-electron chi connectivity index (χ0n) is 11.7. The zero-order chi connectivity index (χ0) is 16.1. The molecule has 1 N–H and O–H groups in total. The standard InChI is InChI=1S/C14H13N3O5/c1-22-12-4-2-3-10(7-12)9-15-13-6-5-11(16(18)19)8-14(13)17(20)21/h2-8,15H,9H2,1H3. The molecule has 0 aromatic heterocycles. The molecule has 0 saturated carbocycles. The molecular formula is C14H13N3O5. The number of methoxy groups -OCH3 is 1. The second-order valence-electron chi connectivity index (χ2n) is 4.42. The lowest BCUT2D eigenvalue weighted by Crippen LogP contribution is -2.03. The summed E-state index contributed by atoms with van der Waals surface area (Å²) in [7, 11) is 1.55. The molecule has 0 amide bonds. The Bertz CT molecular complexity index is 717. The summed E-state index contributed by atoms with van der Waals surface area (Å²) in [6, 6.07) is 10.7. The average Bonchev–Trinajstić information content (AvgIpc) is 2.52. The fourth-order valence-electron chi connectivity index (χ4n) is 1.91. The van der Waals surface area contributed by atoms with Crippen molar-refractivity contribution < 1.29 is 14.6 Å². The Morgan fingerprint density at radius 3 is 2.50 bits per heavy atom. The number of non-ortho nitro benzene ring substituents is 1. The summed E-state index contributed by atoms with van der Waals surface area (Å²) >= 11 is 0. The quantitative estimate of drug-likeness (QED) is 0.648. The fraction of sp³-hybridized carbons (Fsp3) is 0.143. The van der Waals surface area contributed by atoms with Crippen LogP contribution in [0, 0.1) is 20.2 Å². The van der Waals surface area contributed by atoms with E-state index in [0.717, 1.165) is 11.6 Å². The topological polar surface area (TPSA) is 108 Å². The SMILES string of the molecule is COc1cccc(CNc2ccc([N+](=O)[O-])cc2[N+](=O)[O-])c1. The highest BCUT2D eigenvalue weighted by atomic mass is 16.6. The molecule has 2 aromatic carbocycles. The second-order valence-corrected chi connectivity index (χ2v) is 4.42. The van der Waals surface area contributed by atoms with Crippen molar-refractivity contribution in [1.29, 1.82) is 0 Å². The van der Waals surface area contributed by atoms with Gasteiger partial charge in [-0.3, -0.25) is 20.2 Å². The van der Waals surface area contributed by atoms with E-state index in [1.54, 1.807) is 25.3 Å². The van der Waals surface area contributed by atoms with Crippen molar-refractivity contribution in [2.45, 2.75) is 6.54 Å². The van der Waals surface area contributed by atoms with Gasteiger partial charge in [-0.15, -0.1) is 0 Å². The van der Waals surface area contributed by atoms with E-state index in [0.29, 0.717) is 12.3 Å². The van der Waals surface area contributed by atoms with E-state index < -0.39 is 9.85 Å². The van der Waals surface area contributed by atoms with Crippen molar-refractivity contribution in [2.75, 3.05) is 12.4 Å². The van der Waals surface area contributed by atoms with Crippen molar-refractivity contribution in [3.05, 3.63) is 68.3 Å². The molecule has 8 heteroatoms. The molecule has 0 bridgehead atoms. The van der Waals surface area contributed by atoms with E-state index in [1.165, 1.54) is 12.1 Å². The summed E-state index contributed by atoms with van der Waals surface area (Å²) in [5, 5.41) is 24.6. The molecule has 2 aromatic rings. The summed E-state index contributed by atoms with van der Waals surface area (Å²) in [5.41, 5.74) is 0.432. The van der Waals surface area contributed by atoms with E-state index in [2.05, 4.69) is 5.32 Å². The normalized spacial score (nSPS) is 10.0. The third-order valence-electron chi connectivity index (χ3n) is 3.01. The van der Waals surface area contributed by atoms with Crippen molar-refractivity contribution in [2.24, 2.45) is 0 Å². The molecule has 0 aliphatic rings. The maximum Gasteiger partial charge on any atom is 0.299 e. The highest BCUT2D eigenvalue weighted by Crippen LogP contribution is 2.29. The number of nitrogens with zero attached hydrogens (tertiary/aromatic N) is 2. The number of anilines is 1. The lowest BCUT2D eigenvalue weighted by molar-refractivity contribution is -0.393. The van der Waals surface area contributed by atoms with Crippen LogP contribution in [0.25, 0.3) is 0 Å². The number of benzene rings is 2. The van der Waals surface area contributed by atoms with E-state index >= 15 is 0 Å². The Balaban J connectivity index is 2.21. The van der Waals surface area contributed by atoms with Gasteiger partial charge < -0.3 is 10.1 Å². The van der Waals surface area contributed by atoms with Crippen LogP contribution < -0.4 is 10.1 Å². The first-order valence-corrected chi connectivity index (χ1v) is 6.31. The van der Waals surface area contributed by atoms with Gasteiger partial charge in [-0.05, 0) is 23.8 Å². The summed E-state index contributed by atoms with van der Waals surface area (Å²) in [6.07, 6.45) is 0. The molecule has 22 heavy (non-hydrogen) atoms. The molecule has 0 spiro atoms. The summed E-state index contributed by atoms with van der Waals surface area (Å²) < 4.78 is 5.10. The van der Waals surface area contributed by atoms with Crippen LogP contribution in [0.2, 0.25) is 0 Å². The average molecular weight is 303 g/mol. The Hall–Kier alpha value is -3.16. The van der Waals surface area contributed by atoms with Crippen LogP contribution in [0.3, 0.4) is 0 Å². The van der Waals surface area contributed by atoms with Crippen LogP contribution >= 0.6 is 0 Å². The van der Waals surface area contributed by atoms with Gasteiger partial charge in [0.1, 0.15) is 11.4 Å². The predicted octanol–water partition coefficient (Wildman–Crippen LogP) is 3.12. The monoisotopic (exact) mass is 303 g/mol. The summed E-state index contributed by atoms with van der Waals surface area (Å²) in [6.45, 7) is 0.329. The third kappa shape index (κ3) is 3.48. The maximum atomic E-state index is 11.0. The van der Waals surface area contributed by atoms with Crippen molar-refractivity contribution in [3.63, 3.8) is 0 Å². The van der Waals surface area contributed by atoms with Gasteiger partial charge in [-0.1, -0.05) is 12.1 Å². The van der Waals surface area contributed by atoms with E-state index in [4.69, 9.17) is 4.74 Å². The Morgan fingerprint density at radius 1 is 1.09 bits per heavy atom. The number of nitro benzene ring substituents is 2. The van der Waals surface area contributed by atoms with Gasteiger partial charge in [0.2, 0.25) is 0 Å². The summed E-state index contributed by atoms with van der Waals surface area (Å²) in [5.74, 6) is 0.678. The van der Waals surface area contributed by atoms with Crippen LogP contribution in [-0.4, -0.2) is 17.0 Å². The number of nitrogens with one attached hydrogen (secondary N) is 1. The van der Waals surface area contributed by atoms with Gasteiger partial charge in [0, 0.05) is 12.6 Å². The molecule has 0 aliphatic carbocycles. The maximum absolute atomic E-state index is 11.0. The van der Waals surface area contributed by atoms with E-state index in [9.17, 15) is 20.2 Å². The fourth-order valence-corrected chi connectivity index (χ4v) is 1.91. The lowest BCUT2D eigenvalue weighted by Gasteiger charge is -2.08. The minimum absolute atomic E-state index is 0.221. The largest absolute Gasteiger partial charge is 0.497 e. The second kappa shape index (κ2) is 6.53. The molecular weight excluding hydrogens is 290 g/mol. The molecule has 0 aliphatic heterocycles. The molecule has 0 fully saturated rings. The zero-order valence-corrected chi connectivity index (χ0v) is 11.7. The predicted molar refractivity (Wildman–Crippen MR) is 80.1 cm³/mol. The molecule has 0 unspecified atom stereocenters. The number of hydrogen-bond donors (Lipinski definition) is 1. The minimum atomic E-state index is -0.668. The highest BCUT2D eigenvalue weighted by Gasteiger charge is 2.19. The van der Waals surface area contributed by atoms with Crippen molar-refractivity contribution >= 4 is 17.1 Å². The van der Waals surface area contributed by atoms with Gasteiger partial charge in [0.15, 0.2) is 0 Å². The van der Waals surface area contributed by atoms with Gasteiger partial charge in [0.05, 0.1) is 23.0 Å². The molecule has 2 rings (SSSR count). The van der Waals surface area contributed by atoms with Crippen molar-refractivity contribution in [1.82, 2.24) is 0 Å². The molecule has 0 heterocycles. The van der Waals surface area contributed by atoms with Crippen LogP contribution in [0.5, 0.6) is 5.75 Å². The van der Waals surface area contributed by atoms with Crippen LogP contribution in [-0.2, 0) is 6.54 Å². The molecule has 0 atom stereocenters. The third-order valence-corrected chi connectivity index (χ3v) is 3.01. The van der Waals surface area contributed by atoms with Crippen molar-refractivity contribution in [3.8, 4) is 5.75 Å². The van der Waals surface area contributed by atoms with Gasteiger partial charge in [-0.25, -0.2) is 0 Å². The van der Waals surface area contributed by atoms with Crippen LogP contribution in [0.1, 0.15) is 5.56 Å². The van der Waals surface area contributed by atoms with Gasteiger partial charge >= 0.3 is 0 Å². The van der Waals surface area contributed by atoms with E-state index in [-0.39, 0.29) is 17.1 Å². The van der Waals surface area contributed by atoms with Crippen LogP contribution in [0.4, 0.5) is 17.1 Å². The molecule has 0 radical (unpaired) electrons. The lowest BCUT2D eigenvalue weighted by atomic mass is 10.2. The minimum Gasteiger partial charge on any atom is -0.497 e. The number of rotatable bonds is 6. The van der Waals surface area contributed by atoms with Crippen LogP contribution in [0.15, 0.2) is 42.5 Å². The number of nitro groups is 2.